The minimum Gasteiger partial charge on any atom is -0.359 e. The van der Waals surface area contributed by atoms with Gasteiger partial charge in [-0.2, -0.15) is 0 Å². The lowest BCUT2D eigenvalue weighted by Crippen LogP contribution is -2.11. The number of anilines is 1. The second-order valence-electron chi connectivity index (χ2n) is 5.37. The van der Waals surface area contributed by atoms with Gasteiger partial charge in [0.1, 0.15) is 5.82 Å². The molecule has 0 aliphatic carbocycles. The van der Waals surface area contributed by atoms with Gasteiger partial charge in [0.25, 0.3) is 5.91 Å². The number of halogens is 1. The normalized spacial score (nSPS) is 10.9. The van der Waals surface area contributed by atoms with Crippen LogP contribution in [0.15, 0.2) is 60.8 Å². The molecule has 118 valence electrons. The van der Waals surface area contributed by atoms with Crippen LogP contribution in [0, 0.1) is 5.82 Å². The summed E-state index contributed by atoms with van der Waals surface area (Å²) in [5.74, 6) is -0.0798. The van der Waals surface area contributed by atoms with E-state index >= 15 is 0 Å². The Labute approximate surface area is 136 Å². The smallest absolute Gasteiger partial charge is 0.255 e. The summed E-state index contributed by atoms with van der Waals surface area (Å²) in [4.78, 5) is 23.0. The van der Waals surface area contributed by atoms with Gasteiger partial charge in [-0.3, -0.25) is 4.79 Å². The van der Waals surface area contributed by atoms with Crippen LogP contribution in [0.5, 0.6) is 0 Å². The number of hydrogen-bond donors (Lipinski definition) is 3. The second kappa shape index (κ2) is 5.66. The van der Waals surface area contributed by atoms with Crippen LogP contribution in [0.1, 0.15) is 10.4 Å². The summed E-state index contributed by atoms with van der Waals surface area (Å²) < 4.78 is 13.2. The minimum atomic E-state index is -0.442. The van der Waals surface area contributed by atoms with Crippen LogP contribution < -0.4 is 5.32 Å². The van der Waals surface area contributed by atoms with Gasteiger partial charge in [0.05, 0.1) is 16.7 Å². The molecule has 5 nitrogen and oxygen atoms in total. The number of amides is 1. The van der Waals surface area contributed by atoms with Crippen LogP contribution in [0.3, 0.4) is 0 Å². The van der Waals surface area contributed by atoms with E-state index in [4.69, 9.17) is 0 Å². The van der Waals surface area contributed by atoms with E-state index < -0.39 is 5.82 Å². The van der Waals surface area contributed by atoms with Crippen molar-refractivity contribution in [2.45, 2.75) is 0 Å². The monoisotopic (exact) mass is 320 g/mol. The Morgan fingerprint density at radius 2 is 2.00 bits per heavy atom. The average Bonchev–Trinajstić information content (AvgIpc) is 3.23. The first kappa shape index (κ1) is 14.2. The molecule has 0 atom stereocenters. The summed E-state index contributed by atoms with van der Waals surface area (Å²) in [5, 5.41) is 2.76. The van der Waals surface area contributed by atoms with Crippen molar-refractivity contribution in [3.8, 4) is 11.5 Å². The number of hydrogen-bond acceptors (Lipinski definition) is 2. The number of imidazole rings is 1. The Kier molecular flexibility index (Phi) is 3.35. The van der Waals surface area contributed by atoms with Gasteiger partial charge >= 0.3 is 0 Å². The number of aromatic amines is 2. The average molecular weight is 320 g/mol. The molecule has 2 aromatic carbocycles. The van der Waals surface area contributed by atoms with Gasteiger partial charge in [-0.25, -0.2) is 9.37 Å². The maximum absolute atomic E-state index is 13.2. The maximum Gasteiger partial charge on any atom is 0.255 e. The van der Waals surface area contributed by atoms with Crippen LogP contribution >= 0.6 is 0 Å². The van der Waals surface area contributed by atoms with Gasteiger partial charge in [0.15, 0.2) is 5.82 Å². The first-order chi connectivity index (χ1) is 11.7. The summed E-state index contributed by atoms with van der Waals surface area (Å²) in [5.41, 5.74) is 3.36. The van der Waals surface area contributed by atoms with Crippen molar-refractivity contribution in [2.24, 2.45) is 0 Å². The fourth-order valence-electron chi connectivity index (χ4n) is 2.53. The Morgan fingerprint density at radius 3 is 2.79 bits per heavy atom. The van der Waals surface area contributed by atoms with Crippen LogP contribution in [0.2, 0.25) is 0 Å². The molecule has 0 radical (unpaired) electrons. The van der Waals surface area contributed by atoms with E-state index in [0.717, 1.165) is 22.6 Å². The molecule has 0 saturated carbocycles. The van der Waals surface area contributed by atoms with E-state index in [0.29, 0.717) is 5.69 Å². The largest absolute Gasteiger partial charge is 0.359 e. The second-order valence-corrected chi connectivity index (χ2v) is 5.37. The van der Waals surface area contributed by atoms with Gasteiger partial charge in [-0.1, -0.05) is 6.07 Å². The van der Waals surface area contributed by atoms with Crippen molar-refractivity contribution >= 4 is 22.6 Å². The summed E-state index contributed by atoms with van der Waals surface area (Å²) in [7, 11) is 0. The highest BCUT2D eigenvalue weighted by molar-refractivity contribution is 6.05. The third-order valence-electron chi connectivity index (χ3n) is 3.68. The van der Waals surface area contributed by atoms with Crippen LogP contribution in [0.4, 0.5) is 10.1 Å². The number of aromatic nitrogens is 3. The predicted molar refractivity (Wildman–Crippen MR) is 90.2 cm³/mol. The Morgan fingerprint density at radius 1 is 1.08 bits per heavy atom. The molecular weight excluding hydrogens is 307 g/mol. The van der Waals surface area contributed by atoms with E-state index in [2.05, 4.69) is 20.3 Å². The molecule has 0 fully saturated rings. The number of fused-ring (bicyclic) bond motifs is 1. The molecule has 0 aliphatic rings. The van der Waals surface area contributed by atoms with Gasteiger partial charge in [0.2, 0.25) is 0 Å². The van der Waals surface area contributed by atoms with E-state index in [1.807, 2.05) is 24.4 Å². The van der Waals surface area contributed by atoms with Crippen molar-refractivity contribution in [3.05, 3.63) is 72.2 Å². The quantitative estimate of drug-likeness (QED) is 0.535. The molecule has 24 heavy (non-hydrogen) atoms. The highest BCUT2D eigenvalue weighted by atomic mass is 19.1. The van der Waals surface area contributed by atoms with E-state index in [1.165, 1.54) is 18.2 Å². The number of nitrogens with one attached hydrogen (secondary N) is 3. The lowest BCUT2D eigenvalue weighted by atomic mass is 10.2. The summed E-state index contributed by atoms with van der Waals surface area (Å²) in [6, 6.07) is 14.8. The molecule has 2 heterocycles. The zero-order valence-corrected chi connectivity index (χ0v) is 12.5. The van der Waals surface area contributed by atoms with E-state index in [1.54, 1.807) is 18.2 Å². The zero-order valence-electron chi connectivity index (χ0n) is 12.5. The van der Waals surface area contributed by atoms with Crippen molar-refractivity contribution in [1.29, 1.82) is 0 Å². The topological polar surface area (TPSA) is 73.6 Å². The van der Waals surface area contributed by atoms with Gasteiger partial charge in [-0.05, 0) is 48.5 Å². The molecule has 0 unspecified atom stereocenters. The molecule has 2 aromatic heterocycles. The third-order valence-corrected chi connectivity index (χ3v) is 3.68. The molecule has 3 N–H and O–H groups in total. The highest BCUT2D eigenvalue weighted by Crippen LogP contribution is 2.22. The number of carbonyl (C=O) groups is 1. The molecule has 0 saturated heterocycles. The van der Waals surface area contributed by atoms with Crippen LogP contribution in [0.25, 0.3) is 22.6 Å². The van der Waals surface area contributed by atoms with Crippen LogP contribution in [-0.4, -0.2) is 20.9 Å². The fraction of sp³-hybridized carbons (Fsp3) is 0. The van der Waals surface area contributed by atoms with Crippen molar-refractivity contribution in [3.63, 3.8) is 0 Å². The van der Waals surface area contributed by atoms with Crippen LogP contribution in [-0.2, 0) is 0 Å². The summed E-state index contributed by atoms with van der Waals surface area (Å²) in [6.45, 7) is 0. The highest BCUT2D eigenvalue weighted by Gasteiger charge is 2.10. The summed E-state index contributed by atoms with van der Waals surface area (Å²) >= 11 is 0. The SMILES string of the molecule is O=C(Nc1ccc2nc(-c3ccc[nH]3)[nH]c2c1)c1cccc(F)c1. The number of rotatable bonds is 3. The molecule has 0 spiro atoms. The zero-order chi connectivity index (χ0) is 16.5. The lowest BCUT2D eigenvalue weighted by Gasteiger charge is -2.05. The van der Waals surface area contributed by atoms with E-state index in [9.17, 15) is 9.18 Å². The minimum absolute atomic E-state index is 0.270. The Bertz CT molecular complexity index is 1020. The number of carbonyl (C=O) groups excluding carboxylic acids is 1. The molecule has 0 bridgehead atoms. The first-order valence-corrected chi connectivity index (χ1v) is 7.39. The molecular formula is C18H13FN4O. The Hall–Kier alpha value is -3.41. The van der Waals surface area contributed by atoms with Gasteiger partial charge in [0, 0.05) is 17.4 Å². The van der Waals surface area contributed by atoms with Crippen molar-refractivity contribution in [1.82, 2.24) is 15.0 Å². The van der Waals surface area contributed by atoms with Crippen molar-refractivity contribution in [2.75, 3.05) is 5.32 Å². The lowest BCUT2D eigenvalue weighted by molar-refractivity contribution is 0.102. The third kappa shape index (κ3) is 2.65. The molecule has 0 aliphatic heterocycles. The van der Waals surface area contributed by atoms with Gasteiger partial charge in [-0.15, -0.1) is 0 Å². The molecule has 4 rings (SSSR count). The standard InChI is InChI=1S/C18H13FN4O/c19-12-4-1-3-11(9-12)18(24)21-13-6-7-14-16(10-13)23-17(22-14)15-5-2-8-20-15/h1-10,20H,(H,21,24)(H,22,23). The van der Waals surface area contributed by atoms with Crippen molar-refractivity contribution < 1.29 is 9.18 Å². The fourth-order valence-corrected chi connectivity index (χ4v) is 2.53. The first-order valence-electron chi connectivity index (χ1n) is 7.39. The Balaban J connectivity index is 1.62. The predicted octanol–water partition coefficient (Wildman–Crippen LogP) is 3.95. The molecule has 6 heteroatoms. The molecule has 4 aromatic rings. The number of H-pyrrole nitrogens is 2. The van der Waals surface area contributed by atoms with Gasteiger partial charge < -0.3 is 15.3 Å². The molecule has 1 amide bonds. The van der Waals surface area contributed by atoms with E-state index in [-0.39, 0.29) is 11.5 Å². The number of benzene rings is 2. The number of nitrogens with zero attached hydrogens (tertiary/aromatic N) is 1. The maximum atomic E-state index is 13.2. The summed E-state index contributed by atoms with van der Waals surface area (Å²) in [6.07, 6.45) is 1.83.